The summed E-state index contributed by atoms with van der Waals surface area (Å²) >= 11 is 0. The molecule has 0 aliphatic heterocycles. The van der Waals surface area contributed by atoms with Crippen LogP contribution in [-0.4, -0.2) is 28.3 Å². The molecule has 1 unspecified atom stereocenters. The summed E-state index contributed by atoms with van der Waals surface area (Å²) in [7, 11) is 0. The fourth-order valence-corrected chi connectivity index (χ4v) is 2.71. The Morgan fingerprint density at radius 3 is 2.65 bits per heavy atom. The van der Waals surface area contributed by atoms with Crippen LogP contribution < -0.4 is 5.32 Å². The van der Waals surface area contributed by atoms with Gasteiger partial charge in [0.25, 0.3) is 0 Å². The van der Waals surface area contributed by atoms with Crippen molar-refractivity contribution in [2.75, 3.05) is 6.54 Å². The van der Waals surface area contributed by atoms with Crippen molar-refractivity contribution in [3.63, 3.8) is 0 Å². The minimum absolute atomic E-state index is 0.0323. The quantitative estimate of drug-likeness (QED) is 0.771. The summed E-state index contributed by atoms with van der Waals surface area (Å²) in [6, 6.07) is 3.88. The third kappa shape index (κ3) is 3.61. The number of aliphatic hydroxyl groups is 1. The van der Waals surface area contributed by atoms with E-state index in [1.54, 1.807) is 0 Å². The molecule has 5 heteroatoms. The summed E-state index contributed by atoms with van der Waals surface area (Å²) < 4.78 is 5.54. The molecule has 3 N–H and O–H groups in total. The molecule has 0 spiro atoms. The van der Waals surface area contributed by atoms with E-state index in [-0.39, 0.29) is 12.0 Å². The molecule has 0 aromatic carbocycles. The normalized spacial score (nSPS) is 28.2. The Labute approximate surface area is 119 Å². The minimum Gasteiger partial charge on any atom is -0.481 e. The molecular weight excluding hydrogens is 258 g/mol. The molecule has 0 bridgehead atoms. The zero-order valence-corrected chi connectivity index (χ0v) is 12.1. The Bertz CT molecular complexity index is 460. The van der Waals surface area contributed by atoms with Gasteiger partial charge in [0.15, 0.2) is 0 Å². The molecule has 1 aromatic rings. The average molecular weight is 281 g/mol. The molecule has 1 aliphatic carbocycles. The van der Waals surface area contributed by atoms with Crippen LogP contribution in [0.4, 0.5) is 0 Å². The maximum Gasteiger partial charge on any atom is 0.306 e. The van der Waals surface area contributed by atoms with Gasteiger partial charge >= 0.3 is 5.97 Å². The summed E-state index contributed by atoms with van der Waals surface area (Å²) in [6.45, 7) is 4.35. The smallest absolute Gasteiger partial charge is 0.306 e. The second-order valence-corrected chi connectivity index (χ2v) is 5.89. The molecule has 20 heavy (non-hydrogen) atoms. The van der Waals surface area contributed by atoms with Crippen LogP contribution in [0.5, 0.6) is 0 Å². The molecule has 1 aliphatic rings. The molecule has 112 valence electrons. The van der Waals surface area contributed by atoms with Crippen LogP contribution in [0, 0.1) is 12.8 Å². The van der Waals surface area contributed by atoms with E-state index < -0.39 is 11.6 Å². The highest BCUT2D eigenvalue weighted by Gasteiger charge is 2.35. The monoisotopic (exact) mass is 281 g/mol. The molecule has 1 aromatic heterocycles. The van der Waals surface area contributed by atoms with Crippen molar-refractivity contribution in [2.24, 2.45) is 5.92 Å². The maximum atomic E-state index is 10.9. The van der Waals surface area contributed by atoms with Crippen LogP contribution in [0.3, 0.4) is 0 Å². The number of hydrogen-bond donors (Lipinski definition) is 3. The van der Waals surface area contributed by atoms with Crippen LogP contribution in [0.25, 0.3) is 0 Å². The van der Waals surface area contributed by atoms with Crippen molar-refractivity contribution in [2.45, 2.75) is 51.2 Å². The van der Waals surface area contributed by atoms with E-state index in [4.69, 9.17) is 9.52 Å². The van der Waals surface area contributed by atoms with Crippen LogP contribution >= 0.6 is 0 Å². The number of rotatable bonds is 5. The third-order valence-corrected chi connectivity index (χ3v) is 4.19. The zero-order valence-electron chi connectivity index (χ0n) is 12.1. The molecule has 0 saturated heterocycles. The molecule has 5 nitrogen and oxygen atoms in total. The molecule has 0 amide bonds. The molecule has 1 heterocycles. The molecule has 1 saturated carbocycles. The molecule has 0 radical (unpaired) electrons. The van der Waals surface area contributed by atoms with E-state index in [2.05, 4.69) is 5.32 Å². The number of nitrogens with one attached hydrogen (secondary N) is 1. The Morgan fingerprint density at radius 2 is 2.15 bits per heavy atom. The first-order valence-electron chi connectivity index (χ1n) is 7.14. The Kier molecular flexibility index (Phi) is 4.50. The van der Waals surface area contributed by atoms with E-state index >= 15 is 0 Å². The largest absolute Gasteiger partial charge is 0.481 e. The highest BCUT2D eigenvalue weighted by Crippen LogP contribution is 2.32. The van der Waals surface area contributed by atoms with Gasteiger partial charge in [-0.15, -0.1) is 0 Å². The van der Waals surface area contributed by atoms with Gasteiger partial charge in [0.2, 0.25) is 0 Å². The van der Waals surface area contributed by atoms with Crippen molar-refractivity contribution < 1.29 is 19.4 Å². The molecular formula is C15H23NO4. The van der Waals surface area contributed by atoms with Gasteiger partial charge in [-0.3, -0.25) is 4.79 Å². The minimum atomic E-state index is -0.804. The van der Waals surface area contributed by atoms with Gasteiger partial charge in [-0.25, -0.2) is 0 Å². The van der Waals surface area contributed by atoms with Crippen LogP contribution in [-0.2, 0) is 4.79 Å². The lowest BCUT2D eigenvalue weighted by Gasteiger charge is -2.35. The number of furan rings is 1. The highest BCUT2D eigenvalue weighted by atomic mass is 16.4. The number of carboxylic acid groups (broad SMARTS) is 1. The number of aryl methyl sites for hydroxylation is 1. The van der Waals surface area contributed by atoms with E-state index in [0.29, 0.717) is 32.2 Å². The Balaban J connectivity index is 1.83. The summed E-state index contributed by atoms with van der Waals surface area (Å²) in [5.74, 6) is 0.666. The SMILES string of the molecule is Cc1ccc(C(C)NCC2(O)CCC(C(=O)O)CC2)o1. The van der Waals surface area contributed by atoms with Crippen molar-refractivity contribution in [1.82, 2.24) is 5.32 Å². The van der Waals surface area contributed by atoms with Crippen molar-refractivity contribution in [3.8, 4) is 0 Å². The summed E-state index contributed by atoms with van der Waals surface area (Å²) in [5, 5.41) is 22.7. The fourth-order valence-electron chi connectivity index (χ4n) is 2.71. The zero-order chi connectivity index (χ0) is 14.8. The van der Waals surface area contributed by atoms with E-state index in [1.165, 1.54) is 0 Å². The number of aliphatic carboxylic acids is 1. The summed E-state index contributed by atoms with van der Waals surface area (Å²) in [4.78, 5) is 10.9. The topological polar surface area (TPSA) is 82.7 Å². The van der Waals surface area contributed by atoms with Gasteiger partial charge in [0.05, 0.1) is 17.6 Å². The number of carbonyl (C=O) groups is 1. The predicted molar refractivity (Wildman–Crippen MR) is 74.4 cm³/mol. The molecule has 1 atom stereocenters. The first-order chi connectivity index (χ1) is 9.39. The standard InChI is InChI=1S/C15H23NO4/c1-10-3-4-13(20-10)11(2)16-9-15(19)7-5-12(6-8-15)14(17)18/h3-4,11-12,16,19H,5-9H2,1-2H3,(H,17,18). The van der Waals surface area contributed by atoms with E-state index in [9.17, 15) is 9.90 Å². The second kappa shape index (κ2) is 5.97. The van der Waals surface area contributed by atoms with E-state index in [0.717, 1.165) is 11.5 Å². The van der Waals surface area contributed by atoms with Crippen molar-refractivity contribution in [1.29, 1.82) is 0 Å². The van der Waals surface area contributed by atoms with Gasteiger partial charge in [-0.05, 0) is 51.7 Å². The molecule has 1 fully saturated rings. The first-order valence-corrected chi connectivity index (χ1v) is 7.14. The first kappa shape index (κ1) is 15.1. The van der Waals surface area contributed by atoms with Crippen molar-refractivity contribution >= 4 is 5.97 Å². The van der Waals surface area contributed by atoms with Crippen molar-refractivity contribution in [3.05, 3.63) is 23.7 Å². The van der Waals surface area contributed by atoms with Gasteiger partial charge < -0.3 is 19.9 Å². The molecule has 2 rings (SSSR count). The predicted octanol–water partition coefficient (Wildman–Crippen LogP) is 2.24. The lowest BCUT2D eigenvalue weighted by Crippen LogP contribution is -2.45. The fraction of sp³-hybridized carbons (Fsp3) is 0.667. The highest BCUT2D eigenvalue weighted by molar-refractivity contribution is 5.70. The maximum absolute atomic E-state index is 10.9. The van der Waals surface area contributed by atoms with Gasteiger partial charge in [0, 0.05) is 6.54 Å². The second-order valence-electron chi connectivity index (χ2n) is 5.89. The lowest BCUT2D eigenvalue weighted by atomic mass is 9.78. The van der Waals surface area contributed by atoms with Crippen LogP contribution in [0.15, 0.2) is 16.5 Å². The summed E-state index contributed by atoms with van der Waals surface area (Å²) in [5.41, 5.74) is -0.804. The Morgan fingerprint density at radius 1 is 1.50 bits per heavy atom. The van der Waals surface area contributed by atoms with E-state index in [1.807, 2.05) is 26.0 Å². The number of carboxylic acids is 1. The van der Waals surface area contributed by atoms with Crippen LogP contribution in [0.2, 0.25) is 0 Å². The van der Waals surface area contributed by atoms with Gasteiger partial charge in [-0.1, -0.05) is 0 Å². The van der Waals surface area contributed by atoms with Gasteiger partial charge in [0.1, 0.15) is 11.5 Å². The van der Waals surface area contributed by atoms with Crippen LogP contribution in [0.1, 0.15) is 50.2 Å². The summed E-state index contributed by atoms with van der Waals surface area (Å²) in [6.07, 6.45) is 2.14. The Hall–Kier alpha value is -1.33. The third-order valence-electron chi connectivity index (χ3n) is 4.19. The lowest BCUT2D eigenvalue weighted by molar-refractivity contribution is -0.144. The number of hydrogen-bond acceptors (Lipinski definition) is 4. The average Bonchev–Trinajstić information content (AvgIpc) is 2.83. The van der Waals surface area contributed by atoms with Gasteiger partial charge in [-0.2, -0.15) is 0 Å².